The lowest BCUT2D eigenvalue weighted by molar-refractivity contribution is 0.440. The van der Waals surface area contributed by atoms with Gasteiger partial charge in [-0.2, -0.15) is 0 Å². The van der Waals surface area contributed by atoms with E-state index in [1.807, 2.05) is 0 Å². The third kappa shape index (κ3) is 24.0. The zero-order valence-corrected chi connectivity index (χ0v) is 18.2. The monoisotopic (exact) mass is 353 g/mol. The van der Waals surface area contributed by atoms with E-state index in [1.165, 1.54) is 128 Å². The molecule has 25 heavy (non-hydrogen) atoms. The predicted molar refractivity (Wildman–Crippen MR) is 116 cm³/mol. The number of hydrogen-bond acceptors (Lipinski definition) is 1. The third-order valence-electron chi connectivity index (χ3n) is 5.42. The van der Waals surface area contributed by atoms with Crippen LogP contribution in [0.25, 0.3) is 0 Å². The Bertz CT molecular complexity index is 241. The fourth-order valence-corrected chi connectivity index (χ4v) is 3.66. The Morgan fingerprint density at radius 3 is 0.920 bits per heavy atom. The summed E-state index contributed by atoms with van der Waals surface area (Å²) in [6.45, 7) is 6.58. The lowest BCUT2D eigenvalue weighted by atomic mass is 9.97. The molecule has 0 aromatic rings. The van der Waals surface area contributed by atoms with Crippen LogP contribution in [0.1, 0.15) is 149 Å². The maximum atomic E-state index is 6.01. The van der Waals surface area contributed by atoms with E-state index in [9.17, 15) is 0 Å². The fourth-order valence-electron chi connectivity index (χ4n) is 3.66. The van der Waals surface area contributed by atoms with Gasteiger partial charge in [0.2, 0.25) is 0 Å². The molecule has 0 amide bonds. The lowest BCUT2D eigenvalue weighted by Crippen LogP contribution is -2.31. The Hall–Kier alpha value is -0.0400. The van der Waals surface area contributed by atoms with Crippen molar-refractivity contribution in [3.8, 4) is 0 Å². The second kappa shape index (κ2) is 18.7. The minimum absolute atomic E-state index is 0.0363. The molecule has 0 aliphatic rings. The zero-order chi connectivity index (χ0) is 18.6. The molecule has 0 radical (unpaired) electrons. The average molecular weight is 354 g/mol. The molecule has 1 nitrogen and oxygen atoms in total. The van der Waals surface area contributed by atoms with Gasteiger partial charge in [-0.25, -0.2) is 0 Å². The van der Waals surface area contributed by atoms with Crippen LogP contribution in [0.15, 0.2) is 0 Å². The highest BCUT2D eigenvalue weighted by atomic mass is 14.7. The number of hydrogen-bond donors (Lipinski definition) is 1. The average Bonchev–Trinajstić information content (AvgIpc) is 2.56. The van der Waals surface area contributed by atoms with Gasteiger partial charge in [0.25, 0.3) is 0 Å². The van der Waals surface area contributed by atoms with E-state index in [1.54, 1.807) is 0 Å². The van der Waals surface area contributed by atoms with E-state index in [2.05, 4.69) is 20.8 Å². The van der Waals surface area contributed by atoms with Gasteiger partial charge in [0.15, 0.2) is 0 Å². The van der Waals surface area contributed by atoms with Crippen LogP contribution in [0.3, 0.4) is 0 Å². The fraction of sp³-hybridized carbons (Fsp3) is 1.00. The van der Waals surface area contributed by atoms with Gasteiger partial charge in [-0.05, 0) is 20.3 Å². The van der Waals surface area contributed by atoms with E-state index >= 15 is 0 Å². The van der Waals surface area contributed by atoms with E-state index in [0.29, 0.717) is 0 Å². The highest BCUT2D eigenvalue weighted by molar-refractivity contribution is 4.70. The molecule has 0 aliphatic carbocycles. The van der Waals surface area contributed by atoms with Crippen LogP contribution < -0.4 is 5.73 Å². The molecule has 0 saturated carbocycles. The molecule has 0 saturated heterocycles. The second-order valence-electron chi connectivity index (χ2n) is 9.10. The van der Waals surface area contributed by atoms with E-state index in [4.69, 9.17) is 5.73 Å². The van der Waals surface area contributed by atoms with Crippen LogP contribution in [0.5, 0.6) is 0 Å². The molecule has 152 valence electrons. The summed E-state index contributed by atoms with van der Waals surface area (Å²) >= 11 is 0. The van der Waals surface area contributed by atoms with E-state index in [-0.39, 0.29) is 5.54 Å². The highest BCUT2D eigenvalue weighted by Crippen LogP contribution is 2.16. The topological polar surface area (TPSA) is 26.0 Å². The van der Waals surface area contributed by atoms with Crippen molar-refractivity contribution in [3.05, 3.63) is 0 Å². The Morgan fingerprint density at radius 2 is 0.680 bits per heavy atom. The molecule has 0 atom stereocenters. The summed E-state index contributed by atoms with van der Waals surface area (Å²) in [6.07, 6.45) is 28.6. The predicted octanol–water partition coefficient (Wildman–Crippen LogP) is 8.55. The van der Waals surface area contributed by atoms with Crippen molar-refractivity contribution in [2.45, 2.75) is 155 Å². The minimum atomic E-state index is 0.0363. The molecule has 0 bridgehead atoms. The van der Waals surface area contributed by atoms with Crippen LogP contribution in [-0.4, -0.2) is 5.54 Å². The molecule has 0 aromatic carbocycles. The van der Waals surface area contributed by atoms with Crippen molar-refractivity contribution in [1.82, 2.24) is 0 Å². The molecule has 0 fully saturated rings. The first kappa shape index (κ1) is 25.0. The number of unbranched alkanes of at least 4 members (excludes halogenated alkanes) is 18. The zero-order valence-electron chi connectivity index (χ0n) is 18.2. The first-order valence-corrected chi connectivity index (χ1v) is 11.8. The third-order valence-corrected chi connectivity index (χ3v) is 5.42. The number of rotatable bonds is 20. The SMILES string of the molecule is CCCCCCCCCCCCCCCCCCCCCC(C)(C)N. The Kier molecular flexibility index (Phi) is 18.7. The van der Waals surface area contributed by atoms with Gasteiger partial charge in [-0.3, -0.25) is 0 Å². The second-order valence-corrected chi connectivity index (χ2v) is 9.10. The van der Waals surface area contributed by atoms with Crippen LogP contribution in [0.2, 0.25) is 0 Å². The van der Waals surface area contributed by atoms with Crippen LogP contribution >= 0.6 is 0 Å². The standard InChI is InChI=1S/C24H51N/c1-4-5-6-7-8-9-10-11-12-13-14-15-16-17-18-19-20-21-22-23-24(2,3)25/h4-23,25H2,1-3H3. The summed E-state index contributed by atoms with van der Waals surface area (Å²) in [5.41, 5.74) is 6.05. The molecule has 0 aliphatic heterocycles. The van der Waals surface area contributed by atoms with Gasteiger partial charge >= 0.3 is 0 Å². The van der Waals surface area contributed by atoms with E-state index < -0.39 is 0 Å². The van der Waals surface area contributed by atoms with Crippen LogP contribution in [0.4, 0.5) is 0 Å². The Labute approximate surface area is 160 Å². The van der Waals surface area contributed by atoms with Crippen molar-refractivity contribution >= 4 is 0 Å². The summed E-state index contributed by atoms with van der Waals surface area (Å²) in [5.74, 6) is 0. The summed E-state index contributed by atoms with van der Waals surface area (Å²) < 4.78 is 0. The van der Waals surface area contributed by atoms with Crippen molar-refractivity contribution in [3.63, 3.8) is 0 Å². The van der Waals surface area contributed by atoms with Crippen molar-refractivity contribution < 1.29 is 0 Å². The van der Waals surface area contributed by atoms with Gasteiger partial charge in [0, 0.05) is 5.54 Å². The maximum Gasteiger partial charge on any atom is 0.00970 e. The summed E-state index contributed by atoms with van der Waals surface area (Å²) in [5, 5.41) is 0. The molecule has 2 N–H and O–H groups in total. The van der Waals surface area contributed by atoms with Crippen LogP contribution in [-0.2, 0) is 0 Å². The first-order chi connectivity index (χ1) is 12.1. The molecule has 1 heteroatoms. The normalized spacial score (nSPS) is 12.0. The van der Waals surface area contributed by atoms with Gasteiger partial charge < -0.3 is 5.73 Å². The molecular weight excluding hydrogens is 302 g/mol. The molecule has 0 rings (SSSR count). The molecule has 0 aromatic heterocycles. The maximum absolute atomic E-state index is 6.01. The van der Waals surface area contributed by atoms with Crippen molar-refractivity contribution in [1.29, 1.82) is 0 Å². The van der Waals surface area contributed by atoms with Gasteiger partial charge in [-0.15, -0.1) is 0 Å². The van der Waals surface area contributed by atoms with Gasteiger partial charge in [0.05, 0.1) is 0 Å². The molecule has 0 unspecified atom stereocenters. The largest absolute Gasteiger partial charge is 0.326 e. The lowest BCUT2D eigenvalue weighted by Gasteiger charge is -2.17. The van der Waals surface area contributed by atoms with Crippen molar-refractivity contribution in [2.24, 2.45) is 5.73 Å². The molecule has 0 heterocycles. The summed E-state index contributed by atoms with van der Waals surface area (Å²) in [7, 11) is 0. The van der Waals surface area contributed by atoms with Gasteiger partial charge in [-0.1, -0.05) is 129 Å². The summed E-state index contributed by atoms with van der Waals surface area (Å²) in [4.78, 5) is 0. The van der Waals surface area contributed by atoms with Crippen molar-refractivity contribution in [2.75, 3.05) is 0 Å². The molecule has 0 spiro atoms. The smallest absolute Gasteiger partial charge is 0.00970 e. The highest BCUT2D eigenvalue weighted by Gasteiger charge is 2.08. The van der Waals surface area contributed by atoms with Crippen LogP contribution in [0, 0.1) is 0 Å². The Balaban J connectivity index is 3.01. The first-order valence-electron chi connectivity index (χ1n) is 11.8. The number of nitrogens with two attached hydrogens (primary N) is 1. The molecular formula is C24H51N. The van der Waals surface area contributed by atoms with Gasteiger partial charge in [0.1, 0.15) is 0 Å². The minimum Gasteiger partial charge on any atom is -0.326 e. The quantitative estimate of drug-likeness (QED) is 0.218. The van der Waals surface area contributed by atoms with E-state index in [0.717, 1.165) is 0 Å². The summed E-state index contributed by atoms with van der Waals surface area (Å²) in [6, 6.07) is 0. The Morgan fingerprint density at radius 1 is 0.440 bits per heavy atom.